The van der Waals surface area contributed by atoms with Gasteiger partial charge in [0.2, 0.25) is 0 Å². The van der Waals surface area contributed by atoms with Gasteiger partial charge in [-0.3, -0.25) is 4.79 Å². The first-order valence-corrected chi connectivity index (χ1v) is 12.2. The monoisotopic (exact) mass is 556 g/mol. The number of nitrogens with one attached hydrogen (secondary N) is 3. The third-order valence-corrected chi connectivity index (χ3v) is 5.51. The number of carbonyl (C=O) groups is 3. The highest BCUT2D eigenvalue weighted by Crippen LogP contribution is 2.33. The van der Waals surface area contributed by atoms with Gasteiger partial charge in [0.25, 0.3) is 5.91 Å². The number of hydrazone groups is 1. The number of para-hydroxylation sites is 1. The largest absolute Gasteiger partial charge is 0.493 e. The summed E-state index contributed by atoms with van der Waals surface area (Å²) in [6.07, 6.45) is 1.38. The molecule has 12 nitrogen and oxygen atoms in total. The lowest BCUT2D eigenvalue weighted by Gasteiger charge is -2.30. The molecule has 206 valence electrons. The normalized spacial score (nSPS) is 14.7. The minimum absolute atomic E-state index is 0.209. The molecule has 1 atom stereocenters. The summed E-state index contributed by atoms with van der Waals surface area (Å²) in [6.45, 7) is 2.79. The summed E-state index contributed by atoms with van der Waals surface area (Å²) in [7, 11) is 1.42. The number of nitrogens with zero attached hydrogens (tertiary/aromatic N) is 1. The van der Waals surface area contributed by atoms with Crippen molar-refractivity contribution in [1.29, 1.82) is 0 Å². The Labute approximate surface area is 230 Å². The molecule has 2 aromatic carbocycles. The maximum Gasteiger partial charge on any atom is 0.341 e. The first-order chi connectivity index (χ1) is 18.7. The number of carboxylic acid groups (broad SMARTS) is 1. The molecule has 4 N–H and O–H groups in total. The van der Waals surface area contributed by atoms with Gasteiger partial charge in [0.1, 0.15) is 5.75 Å². The van der Waals surface area contributed by atoms with Gasteiger partial charge in [-0.05, 0) is 55.9 Å². The molecule has 0 saturated heterocycles. The molecular weight excluding hydrogens is 528 g/mol. The second-order valence-electron chi connectivity index (χ2n) is 8.00. The number of benzene rings is 2. The molecule has 1 amide bonds. The fraction of sp³-hybridized carbons (Fsp3) is 0.269. The summed E-state index contributed by atoms with van der Waals surface area (Å²) in [5, 5.41) is 19.0. The molecule has 1 aliphatic rings. The minimum Gasteiger partial charge on any atom is -0.493 e. The van der Waals surface area contributed by atoms with E-state index in [-0.39, 0.29) is 19.0 Å². The number of carboxylic acids is 1. The molecule has 0 saturated carbocycles. The van der Waals surface area contributed by atoms with E-state index in [4.69, 9.17) is 36.3 Å². The van der Waals surface area contributed by atoms with Crippen LogP contribution >= 0.6 is 12.2 Å². The predicted molar refractivity (Wildman–Crippen MR) is 145 cm³/mol. The van der Waals surface area contributed by atoms with Crippen LogP contribution in [0, 0.1) is 0 Å². The molecule has 0 bridgehead atoms. The lowest BCUT2D eigenvalue weighted by atomic mass is 9.95. The van der Waals surface area contributed by atoms with Crippen LogP contribution in [0.3, 0.4) is 0 Å². The number of esters is 1. The highest BCUT2D eigenvalue weighted by molar-refractivity contribution is 7.80. The van der Waals surface area contributed by atoms with Crippen molar-refractivity contribution in [2.75, 3.05) is 26.9 Å². The SMILES string of the molecule is CCOC(=O)C1=C(C)NC(=S)N[C@H]1c1ccccc1OCC(=O)NN=Cc1ccc(OCC(=O)O)c(OC)c1. The van der Waals surface area contributed by atoms with E-state index in [1.54, 1.807) is 50.2 Å². The second kappa shape index (κ2) is 13.8. The Balaban J connectivity index is 1.66. The Morgan fingerprint density at radius 3 is 2.56 bits per heavy atom. The minimum atomic E-state index is -1.11. The fourth-order valence-electron chi connectivity index (χ4n) is 3.63. The number of thiocarbonyl (C=S) groups is 1. The highest BCUT2D eigenvalue weighted by Gasteiger charge is 2.32. The fourth-order valence-corrected chi connectivity index (χ4v) is 3.91. The Hall–Kier alpha value is -4.65. The van der Waals surface area contributed by atoms with E-state index in [0.717, 1.165) is 0 Å². The van der Waals surface area contributed by atoms with Crippen molar-refractivity contribution in [3.63, 3.8) is 0 Å². The highest BCUT2D eigenvalue weighted by atomic mass is 32.1. The zero-order valence-corrected chi connectivity index (χ0v) is 22.3. The van der Waals surface area contributed by atoms with E-state index < -0.39 is 30.5 Å². The Morgan fingerprint density at radius 2 is 1.85 bits per heavy atom. The number of hydrogen-bond donors (Lipinski definition) is 4. The van der Waals surface area contributed by atoms with E-state index in [0.29, 0.717) is 39.0 Å². The molecule has 0 radical (unpaired) electrons. The summed E-state index contributed by atoms with van der Waals surface area (Å²) >= 11 is 5.28. The zero-order chi connectivity index (χ0) is 28.4. The molecule has 1 aliphatic heterocycles. The Kier molecular flexibility index (Phi) is 10.2. The van der Waals surface area contributed by atoms with Crippen LogP contribution in [0.4, 0.5) is 0 Å². The Morgan fingerprint density at radius 1 is 1.10 bits per heavy atom. The van der Waals surface area contributed by atoms with Crippen molar-refractivity contribution in [2.45, 2.75) is 19.9 Å². The van der Waals surface area contributed by atoms with E-state index in [9.17, 15) is 14.4 Å². The van der Waals surface area contributed by atoms with Gasteiger partial charge >= 0.3 is 11.9 Å². The first-order valence-electron chi connectivity index (χ1n) is 11.7. The van der Waals surface area contributed by atoms with Gasteiger partial charge < -0.3 is 34.7 Å². The lowest BCUT2D eigenvalue weighted by molar-refractivity contribution is -0.140. The van der Waals surface area contributed by atoms with E-state index in [1.807, 2.05) is 0 Å². The summed E-state index contributed by atoms with van der Waals surface area (Å²) in [4.78, 5) is 35.8. The smallest absolute Gasteiger partial charge is 0.341 e. The summed E-state index contributed by atoms with van der Waals surface area (Å²) in [5.41, 5.74) is 4.45. The molecule has 1 heterocycles. The number of allylic oxidation sites excluding steroid dienone is 1. The molecule has 39 heavy (non-hydrogen) atoms. The number of aliphatic carboxylic acids is 1. The van der Waals surface area contributed by atoms with Crippen LogP contribution in [0.5, 0.6) is 17.2 Å². The van der Waals surface area contributed by atoms with Crippen LogP contribution in [0.15, 0.2) is 58.8 Å². The molecular formula is C26H28N4O8S. The molecule has 0 fully saturated rings. The number of amides is 1. The maximum absolute atomic E-state index is 12.7. The van der Waals surface area contributed by atoms with E-state index in [1.165, 1.54) is 19.4 Å². The predicted octanol–water partition coefficient (Wildman–Crippen LogP) is 2.04. The molecule has 13 heteroatoms. The van der Waals surface area contributed by atoms with Crippen LogP contribution in [0.25, 0.3) is 0 Å². The zero-order valence-electron chi connectivity index (χ0n) is 21.5. The van der Waals surface area contributed by atoms with E-state index in [2.05, 4.69) is 21.2 Å². The average Bonchev–Trinajstić information content (AvgIpc) is 2.90. The summed E-state index contributed by atoms with van der Waals surface area (Å²) in [5.74, 6) is -1.20. The second-order valence-corrected chi connectivity index (χ2v) is 8.41. The molecule has 0 unspecified atom stereocenters. The van der Waals surface area contributed by atoms with Crippen molar-refractivity contribution in [3.8, 4) is 17.2 Å². The van der Waals surface area contributed by atoms with Crippen molar-refractivity contribution in [1.82, 2.24) is 16.1 Å². The number of carbonyl (C=O) groups excluding carboxylic acids is 2. The van der Waals surface area contributed by atoms with Gasteiger partial charge in [0.15, 0.2) is 29.8 Å². The van der Waals surface area contributed by atoms with Crippen LogP contribution in [-0.4, -0.2) is 61.2 Å². The summed E-state index contributed by atoms with van der Waals surface area (Å²) < 4.78 is 21.4. The van der Waals surface area contributed by atoms with Gasteiger partial charge in [-0.1, -0.05) is 18.2 Å². The van der Waals surface area contributed by atoms with Crippen molar-refractivity contribution in [3.05, 3.63) is 64.9 Å². The topological polar surface area (TPSA) is 157 Å². The molecule has 0 aliphatic carbocycles. The number of rotatable bonds is 12. The van der Waals surface area contributed by atoms with Crippen LogP contribution < -0.4 is 30.3 Å². The number of ether oxygens (including phenoxy) is 4. The van der Waals surface area contributed by atoms with Gasteiger partial charge in [0.05, 0.1) is 31.5 Å². The Bertz CT molecular complexity index is 1310. The van der Waals surface area contributed by atoms with Gasteiger partial charge in [-0.25, -0.2) is 15.0 Å². The molecule has 0 spiro atoms. The lowest BCUT2D eigenvalue weighted by Crippen LogP contribution is -2.45. The third-order valence-electron chi connectivity index (χ3n) is 5.29. The van der Waals surface area contributed by atoms with Gasteiger partial charge in [0, 0.05) is 11.3 Å². The quantitative estimate of drug-likeness (QED) is 0.131. The standard InChI is InChI=1S/C26H28N4O8S/c1-4-36-25(34)23-15(2)28-26(39)29-24(23)17-7-5-6-8-18(17)37-13-21(31)30-27-12-16-9-10-19(20(11-16)35-3)38-14-22(32)33/h5-12,24H,4,13-14H2,1-3H3,(H,30,31)(H,32,33)(H2,28,29,39)/t24-/m0/s1. The van der Waals surface area contributed by atoms with Crippen LogP contribution in [-0.2, 0) is 19.1 Å². The molecule has 3 rings (SSSR count). The average molecular weight is 557 g/mol. The first kappa shape index (κ1) is 28.9. The van der Waals surface area contributed by atoms with E-state index >= 15 is 0 Å². The number of hydrogen-bond acceptors (Lipinski definition) is 9. The maximum atomic E-state index is 12.7. The number of methoxy groups -OCH3 is 1. The van der Waals surface area contributed by atoms with Crippen molar-refractivity contribution >= 4 is 41.4 Å². The van der Waals surface area contributed by atoms with Crippen LogP contribution in [0.2, 0.25) is 0 Å². The van der Waals surface area contributed by atoms with Crippen LogP contribution in [0.1, 0.15) is 31.0 Å². The van der Waals surface area contributed by atoms with Crippen molar-refractivity contribution in [2.24, 2.45) is 5.10 Å². The van der Waals surface area contributed by atoms with Crippen molar-refractivity contribution < 1.29 is 38.4 Å². The molecule has 0 aromatic heterocycles. The molecule has 2 aromatic rings. The summed E-state index contributed by atoms with van der Waals surface area (Å²) in [6, 6.07) is 11.1. The van der Waals surface area contributed by atoms with Gasteiger partial charge in [-0.15, -0.1) is 0 Å². The van der Waals surface area contributed by atoms with Gasteiger partial charge in [-0.2, -0.15) is 5.10 Å². The third kappa shape index (κ3) is 7.92.